The van der Waals surface area contributed by atoms with Gasteiger partial charge in [0.15, 0.2) is 0 Å². The van der Waals surface area contributed by atoms with Crippen molar-refractivity contribution in [3.63, 3.8) is 0 Å². The number of likely N-dealkylation sites (N-methyl/N-ethyl adjacent to an activating group) is 2. The molecule has 0 spiro atoms. The first-order valence-electron chi connectivity index (χ1n) is 7.14. The molecule has 0 radical (unpaired) electrons. The van der Waals surface area contributed by atoms with Gasteiger partial charge in [0.25, 0.3) is 0 Å². The molecule has 1 atom stereocenters. The van der Waals surface area contributed by atoms with E-state index in [-0.39, 0.29) is 17.4 Å². The predicted molar refractivity (Wildman–Crippen MR) is 81.8 cm³/mol. The lowest BCUT2D eigenvalue weighted by atomic mass is 9.79. The van der Waals surface area contributed by atoms with Crippen LogP contribution in [0.5, 0.6) is 5.75 Å². The van der Waals surface area contributed by atoms with Crippen LogP contribution < -0.4 is 10.1 Å². The van der Waals surface area contributed by atoms with Gasteiger partial charge >= 0.3 is 0 Å². The van der Waals surface area contributed by atoms with Crippen molar-refractivity contribution in [2.75, 3.05) is 28.3 Å². The molecule has 0 amide bonds. The molecular weight excluding hydrogens is 255 g/mol. The maximum absolute atomic E-state index is 13.7. The molecule has 0 aliphatic carbocycles. The van der Waals surface area contributed by atoms with E-state index in [0.717, 1.165) is 24.2 Å². The largest absolute Gasteiger partial charge is 0.496 e. The third kappa shape index (κ3) is 2.96. The van der Waals surface area contributed by atoms with Gasteiger partial charge in [0.05, 0.1) is 13.2 Å². The highest BCUT2D eigenvalue weighted by molar-refractivity contribution is 5.38. The van der Waals surface area contributed by atoms with Crippen molar-refractivity contribution in [1.29, 1.82) is 0 Å². The molecular formula is C16H27FN2O. The van der Waals surface area contributed by atoms with E-state index in [1.54, 1.807) is 19.2 Å². The molecule has 0 bridgehead atoms. The Balaban J connectivity index is 3.40. The van der Waals surface area contributed by atoms with Crippen LogP contribution in [0, 0.1) is 5.82 Å². The van der Waals surface area contributed by atoms with Crippen LogP contribution in [0.15, 0.2) is 18.2 Å². The van der Waals surface area contributed by atoms with Crippen molar-refractivity contribution in [2.24, 2.45) is 0 Å². The first-order chi connectivity index (χ1) is 9.46. The Morgan fingerprint density at radius 2 is 1.90 bits per heavy atom. The number of benzene rings is 1. The molecule has 1 unspecified atom stereocenters. The van der Waals surface area contributed by atoms with Gasteiger partial charge < -0.3 is 15.0 Å². The molecule has 1 aromatic carbocycles. The molecule has 0 fully saturated rings. The van der Waals surface area contributed by atoms with Crippen molar-refractivity contribution in [3.8, 4) is 5.75 Å². The summed E-state index contributed by atoms with van der Waals surface area (Å²) in [4.78, 5) is 2.22. The number of halogens is 1. The van der Waals surface area contributed by atoms with E-state index in [2.05, 4.69) is 38.2 Å². The summed E-state index contributed by atoms with van der Waals surface area (Å²) in [6, 6.07) is 4.70. The molecule has 0 aliphatic rings. The predicted octanol–water partition coefficient (Wildman–Crippen LogP) is 3.22. The van der Waals surface area contributed by atoms with Crippen LogP contribution in [0.4, 0.5) is 4.39 Å². The number of ether oxygens (including phenoxy) is 1. The Labute approximate surface area is 122 Å². The second kappa shape index (κ2) is 7.04. The molecule has 0 aliphatic heterocycles. The number of nitrogens with one attached hydrogen (secondary N) is 1. The quantitative estimate of drug-likeness (QED) is 0.831. The Bertz CT molecular complexity index is 430. The van der Waals surface area contributed by atoms with Gasteiger partial charge in [0.1, 0.15) is 11.6 Å². The summed E-state index contributed by atoms with van der Waals surface area (Å²) < 4.78 is 19.1. The van der Waals surface area contributed by atoms with Crippen LogP contribution >= 0.6 is 0 Å². The van der Waals surface area contributed by atoms with E-state index in [0.29, 0.717) is 0 Å². The normalized spacial score (nSPS) is 13.6. The van der Waals surface area contributed by atoms with Crippen LogP contribution in [0.25, 0.3) is 0 Å². The van der Waals surface area contributed by atoms with Crippen molar-refractivity contribution < 1.29 is 9.13 Å². The minimum absolute atomic E-state index is 0.00171. The van der Waals surface area contributed by atoms with Crippen LogP contribution in [0.2, 0.25) is 0 Å². The highest BCUT2D eigenvalue weighted by Gasteiger charge is 2.39. The summed E-state index contributed by atoms with van der Waals surface area (Å²) in [5.74, 6) is 0.486. The third-order valence-electron chi connectivity index (χ3n) is 4.44. The molecule has 1 aromatic rings. The minimum Gasteiger partial charge on any atom is -0.496 e. The maximum Gasteiger partial charge on any atom is 0.123 e. The van der Waals surface area contributed by atoms with Gasteiger partial charge in [-0.25, -0.2) is 4.39 Å². The molecule has 20 heavy (non-hydrogen) atoms. The summed E-state index contributed by atoms with van der Waals surface area (Å²) in [7, 11) is 7.68. The zero-order valence-corrected chi connectivity index (χ0v) is 13.5. The molecule has 0 heterocycles. The van der Waals surface area contributed by atoms with Crippen LogP contribution in [0.3, 0.4) is 0 Å². The van der Waals surface area contributed by atoms with Crippen molar-refractivity contribution in [2.45, 2.75) is 38.3 Å². The highest BCUT2D eigenvalue weighted by Crippen LogP contribution is 2.39. The maximum atomic E-state index is 13.7. The molecule has 1 N–H and O–H groups in total. The fourth-order valence-electron chi connectivity index (χ4n) is 3.19. The lowest BCUT2D eigenvalue weighted by Gasteiger charge is -2.45. The Morgan fingerprint density at radius 1 is 1.30 bits per heavy atom. The average Bonchev–Trinajstić information content (AvgIpc) is 2.44. The first kappa shape index (κ1) is 16.9. The number of hydrogen-bond donors (Lipinski definition) is 1. The van der Waals surface area contributed by atoms with E-state index < -0.39 is 0 Å². The SMILES string of the molecule is CCC(CC)(C(NC)c1cc(F)ccc1OC)N(C)C. The van der Waals surface area contributed by atoms with Gasteiger partial charge in [-0.2, -0.15) is 0 Å². The monoisotopic (exact) mass is 282 g/mol. The van der Waals surface area contributed by atoms with Crippen molar-refractivity contribution in [3.05, 3.63) is 29.6 Å². The second-order valence-electron chi connectivity index (χ2n) is 5.31. The minimum atomic E-state index is -0.235. The van der Waals surface area contributed by atoms with E-state index in [9.17, 15) is 4.39 Å². The fraction of sp³-hybridized carbons (Fsp3) is 0.625. The fourth-order valence-corrected chi connectivity index (χ4v) is 3.19. The molecule has 0 saturated heterocycles. The van der Waals surface area contributed by atoms with Gasteiger partial charge in [-0.1, -0.05) is 13.8 Å². The lowest BCUT2D eigenvalue weighted by Crippen LogP contribution is -2.52. The average molecular weight is 282 g/mol. The van der Waals surface area contributed by atoms with Gasteiger partial charge in [-0.3, -0.25) is 0 Å². The highest BCUT2D eigenvalue weighted by atomic mass is 19.1. The zero-order valence-electron chi connectivity index (χ0n) is 13.5. The summed E-state index contributed by atoms with van der Waals surface area (Å²) in [5, 5.41) is 3.36. The number of hydrogen-bond acceptors (Lipinski definition) is 3. The van der Waals surface area contributed by atoms with Gasteiger partial charge in [0, 0.05) is 11.1 Å². The topological polar surface area (TPSA) is 24.5 Å². The van der Waals surface area contributed by atoms with E-state index in [1.807, 2.05) is 7.05 Å². The van der Waals surface area contributed by atoms with E-state index in [4.69, 9.17) is 4.74 Å². The summed E-state index contributed by atoms with van der Waals surface area (Å²) >= 11 is 0. The van der Waals surface area contributed by atoms with E-state index in [1.165, 1.54) is 6.07 Å². The van der Waals surface area contributed by atoms with Gasteiger partial charge in [0.2, 0.25) is 0 Å². The first-order valence-corrected chi connectivity index (χ1v) is 7.14. The molecule has 3 nitrogen and oxygen atoms in total. The molecule has 4 heteroatoms. The van der Waals surface area contributed by atoms with Gasteiger partial charge in [-0.05, 0) is 52.2 Å². The lowest BCUT2D eigenvalue weighted by molar-refractivity contribution is 0.0904. The Hall–Kier alpha value is -1.13. The third-order valence-corrected chi connectivity index (χ3v) is 4.44. The second-order valence-corrected chi connectivity index (χ2v) is 5.31. The number of rotatable bonds is 7. The van der Waals surface area contributed by atoms with E-state index >= 15 is 0 Å². The van der Waals surface area contributed by atoms with Crippen molar-refractivity contribution in [1.82, 2.24) is 10.2 Å². The Kier molecular flexibility index (Phi) is 5.96. The summed E-state index contributed by atoms with van der Waals surface area (Å²) in [6.45, 7) is 4.33. The summed E-state index contributed by atoms with van der Waals surface area (Å²) in [6.07, 6.45) is 1.92. The zero-order chi connectivity index (χ0) is 15.3. The number of nitrogens with zero attached hydrogens (tertiary/aromatic N) is 1. The molecule has 114 valence electrons. The molecule has 0 aromatic heterocycles. The summed E-state index contributed by atoms with van der Waals surface area (Å²) in [5.41, 5.74) is 0.780. The number of methoxy groups -OCH3 is 1. The Morgan fingerprint density at radius 3 is 2.30 bits per heavy atom. The van der Waals surface area contributed by atoms with Crippen LogP contribution in [0.1, 0.15) is 38.3 Å². The smallest absolute Gasteiger partial charge is 0.123 e. The van der Waals surface area contributed by atoms with Crippen LogP contribution in [-0.2, 0) is 0 Å². The molecule has 0 saturated carbocycles. The van der Waals surface area contributed by atoms with Crippen LogP contribution in [-0.4, -0.2) is 38.7 Å². The standard InChI is InChI=1S/C16H27FN2O/c1-7-16(8-2,19(4)5)15(18-3)13-11-12(17)9-10-14(13)20-6/h9-11,15,18H,7-8H2,1-6H3. The van der Waals surface area contributed by atoms with Gasteiger partial charge in [-0.15, -0.1) is 0 Å². The van der Waals surface area contributed by atoms with Crippen molar-refractivity contribution >= 4 is 0 Å². The molecule has 1 rings (SSSR count).